The summed E-state index contributed by atoms with van der Waals surface area (Å²) < 4.78 is 7.35. The van der Waals surface area contributed by atoms with E-state index in [1.54, 1.807) is 0 Å². The lowest BCUT2D eigenvalue weighted by Gasteiger charge is -2.19. The average molecular weight is 375 g/mol. The highest BCUT2D eigenvalue weighted by Crippen LogP contribution is 2.27. The van der Waals surface area contributed by atoms with E-state index in [1.807, 2.05) is 75.7 Å². The first-order valence-electron chi connectivity index (χ1n) is 9.32. The maximum absolute atomic E-state index is 12.2. The molecule has 144 valence electrons. The molecule has 0 aliphatic heterocycles. The fourth-order valence-corrected chi connectivity index (χ4v) is 3.31. The first-order valence-corrected chi connectivity index (χ1v) is 9.32. The van der Waals surface area contributed by atoms with Crippen molar-refractivity contribution < 1.29 is 9.53 Å². The zero-order chi connectivity index (χ0) is 20.5. The Morgan fingerprint density at radius 1 is 1.21 bits per heavy atom. The van der Waals surface area contributed by atoms with Gasteiger partial charge in [-0.1, -0.05) is 35.9 Å². The van der Waals surface area contributed by atoms with Crippen LogP contribution in [0.2, 0.25) is 0 Å². The molecule has 0 spiro atoms. The number of aromatic nitrogens is 2. The van der Waals surface area contributed by atoms with Crippen molar-refractivity contribution >= 4 is 22.6 Å². The standard InChI is InChI=1S/C23H25N3O2/c1-15-8-7-9-20(24-6)19(15)14-26-21-12-17(10-11-18(21)16(2)25-26)13-22(27)28-23(3,4)5/h7-12H,13-14H2,1-5H3. The largest absolute Gasteiger partial charge is 0.460 e. The van der Waals surface area contributed by atoms with Gasteiger partial charge in [-0.2, -0.15) is 5.10 Å². The molecule has 0 saturated heterocycles. The quantitative estimate of drug-likeness (QED) is 0.469. The highest BCUT2D eigenvalue weighted by atomic mass is 16.6. The number of nitrogens with zero attached hydrogens (tertiary/aromatic N) is 3. The van der Waals surface area contributed by atoms with Gasteiger partial charge in [0.05, 0.1) is 30.7 Å². The van der Waals surface area contributed by atoms with Crippen LogP contribution in [-0.2, 0) is 22.5 Å². The second-order valence-electron chi connectivity index (χ2n) is 8.04. The molecule has 2 aromatic carbocycles. The van der Waals surface area contributed by atoms with E-state index in [1.165, 1.54) is 0 Å². The molecule has 3 aromatic rings. The smallest absolute Gasteiger partial charge is 0.310 e. The first-order chi connectivity index (χ1) is 13.2. The predicted octanol–water partition coefficient (Wildman–Crippen LogP) is 5.14. The first kappa shape index (κ1) is 19.6. The molecule has 0 amide bonds. The summed E-state index contributed by atoms with van der Waals surface area (Å²) in [4.78, 5) is 15.8. The predicted molar refractivity (Wildman–Crippen MR) is 111 cm³/mol. The lowest BCUT2D eigenvalue weighted by Crippen LogP contribution is -2.24. The van der Waals surface area contributed by atoms with Crippen molar-refractivity contribution in [3.05, 3.63) is 70.2 Å². The zero-order valence-corrected chi connectivity index (χ0v) is 17.0. The van der Waals surface area contributed by atoms with Crippen LogP contribution in [0, 0.1) is 20.4 Å². The Morgan fingerprint density at radius 2 is 1.96 bits per heavy atom. The van der Waals surface area contributed by atoms with Crippen LogP contribution < -0.4 is 0 Å². The number of esters is 1. The van der Waals surface area contributed by atoms with Gasteiger partial charge in [-0.05, 0) is 51.8 Å². The highest BCUT2D eigenvalue weighted by molar-refractivity contribution is 5.84. The van der Waals surface area contributed by atoms with Gasteiger partial charge in [-0.3, -0.25) is 9.48 Å². The van der Waals surface area contributed by atoms with E-state index in [2.05, 4.69) is 9.94 Å². The molecule has 5 heteroatoms. The molecular formula is C23H25N3O2. The van der Waals surface area contributed by atoms with E-state index in [0.29, 0.717) is 12.2 Å². The van der Waals surface area contributed by atoms with E-state index >= 15 is 0 Å². The molecule has 28 heavy (non-hydrogen) atoms. The van der Waals surface area contributed by atoms with Gasteiger partial charge in [0.2, 0.25) is 0 Å². The zero-order valence-electron chi connectivity index (χ0n) is 17.0. The second kappa shape index (κ2) is 7.47. The molecule has 1 heterocycles. The van der Waals surface area contributed by atoms with Crippen LogP contribution in [0.25, 0.3) is 15.7 Å². The van der Waals surface area contributed by atoms with Crippen molar-refractivity contribution in [1.82, 2.24) is 9.78 Å². The summed E-state index contributed by atoms with van der Waals surface area (Å²) in [6.45, 7) is 17.5. The highest BCUT2D eigenvalue weighted by Gasteiger charge is 2.18. The molecule has 0 aliphatic rings. The molecular weight excluding hydrogens is 350 g/mol. The number of hydrogen-bond donors (Lipinski definition) is 0. The summed E-state index contributed by atoms with van der Waals surface area (Å²) in [5.74, 6) is -0.246. The van der Waals surface area contributed by atoms with Crippen LogP contribution in [-0.4, -0.2) is 21.4 Å². The Morgan fingerprint density at radius 3 is 2.64 bits per heavy atom. The van der Waals surface area contributed by atoms with Crippen LogP contribution in [0.3, 0.4) is 0 Å². The molecule has 3 rings (SSSR count). The van der Waals surface area contributed by atoms with E-state index in [-0.39, 0.29) is 12.4 Å². The van der Waals surface area contributed by atoms with Crippen LogP contribution in [0.1, 0.15) is 43.2 Å². The van der Waals surface area contributed by atoms with E-state index in [0.717, 1.165) is 33.3 Å². The molecule has 0 unspecified atom stereocenters. The Labute approximate surface area is 165 Å². The van der Waals surface area contributed by atoms with Gasteiger partial charge in [0.25, 0.3) is 0 Å². The number of hydrogen-bond acceptors (Lipinski definition) is 3. The molecule has 0 atom stereocenters. The monoisotopic (exact) mass is 375 g/mol. The Kier molecular flexibility index (Phi) is 5.24. The van der Waals surface area contributed by atoms with Gasteiger partial charge in [0, 0.05) is 5.39 Å². The SMILES string of the molecule is [C-]#[N+]c1cccc(C)c1Cn1nc(C)c2ccc(CC(=O)OC(C)(C)C)cc21. The second-order valence-corrected chi connectivity index (χ2v) is 8.04. The number of benzene rings is 2. The fraction of sp³-hybridized carbons (Fsp3) is 0.348. The molecule has 5 nitrogen and oxygen atoms in total. The summed E-state index contributed by atoms with van der Waals surface area (Å²) >= 11 is 0. The van der Waals surface area contributed by atoms with E-state index in [9.17, 15) is 4.79 Å². The third-order valence-corrected chi connectivity index (χ3v) is 4.58. The maximum Gasteiger partial charge on any atom is 0.310 e. The van der Waals surface area contributed by atoms with Crippen molar-refractivity contribution in [1.29, 1.82) is 0 Å². The van der Waals surface area contributed by atoms with Gasteiger partial charge in [0.15, 0.2) is 5.69 Å². The van der Waals surface area contributed by atoms with Crippen LogP contribution in [0.4, 0.5) is 5.69 Å². The molecule has 0 radical (unpaired) electrons. The number of carbonyl (C=O) groups excluding carboxylic acids is 1. The molecule has 0 N–H and O–H groups in total. The van der Waals surface area contributed by atoms with Crippen LogP contribution >= 0.6 is 0 Å². The lowest BCUT2D eigenvalue weighted by molar-refractivity contribution is -0.153. The minimum Gasteiger partial charge on any atom is -0.460 e. The van der Waals surface area contributed by atoms with Crippen molar-refractivity contribution in [2.24, 2.45) is 0 Å². The van der Waals surface area contributed by atoms with Gasteiger partial charge < -0.3 is 4.74 Å². The summed E-state index contributed by atoms with van der Waals surface area (Å²) in [6, 6.07) is 11.7. The molecule has 0 fully saturated rings. The normalized spacial score (nSPS) is 11.4. The summed E-state index contributed by atoms with van der Waals surface area (Å²) in [5.41, 5.74) is 4.96. The number of fused-ring (bicyclic) bond motifs is 1. The van der Waals surface area contributed by atoms with E-state index in [4.69, 9.17) is 11.3 Å². The molecule has 0 aliphatic carbocycles. The summed E-state index contributed by atoms with van der Waals surface area (Å²) in [6.07, 6.45) is 0.217. The Hall–Kier alpha value is -3.13. The van der Waals surface area contributed by atoms with Crippen molar-refractivity contribution in [3.63, 3.8) is 0 Å². The Bertz CT molecular complexity index is 1080. The molecule has 1 aromatic heterocycles. The topological polar surface area (TPSA) is 48.5 Å². The summed E-state index contributed by atoms with van der Waals surface area (Å²) in [5, 5.41) is 5.73. The van der Waals surface area contributed by atoms with E-state index < -0.39 is 5.60 Å². The maximum atomic E-state index is 12.2. The third-order valence-electron chi connectivity index (χ3n) is 4.58. The fourth-order valence-electron chi connectivity index (χ4n) is 3.31. The van der Waals surface area contributed by atoms with Crippen LogP contribution in [0.5, 0.6) is 0 Å². The number of ether oxygens (including phenoxy) is 1. The van der Waals surface area contributed by atoms with Crippen molar-refractivity contribution in [3.8, 4) is 0 Å². The number of carbonyl (C=O) groups is 1. The minimum atomic E-state index is -0.499. The number of aryl methyl sites for hydroxylation is 2. The van der Waals surface area contributed by atoms with Gasteiger partial charge in [-0.25, -0.2) is 4.85 Å². The Balaban J connectivity index is 1.96. The average Bonchev–Trinajstić information content (AvgIpc) is 2.90. The lowest BCUT2D eigenvalue weighted by atomic mass is 10.1. The van der Waals surface area contributed by atoms with Crippen LogP contribution in [0.15, 0.2) is 36.4 Å². The molecule has 0 bridgehead atoms. The van der Waals surface area contributed by atoms with Gasteiger partial charge in [0.1, 0.15) is 5.60 Å². The van der Waals surface area contributed by atoms with Crippen molar-refractivity contribution in [2.45, 2.75) is 53.2 Å². The number of rotatable bonds is 4. The summed E-state index contributed by atoms with van der Waals surface area (Å²) in [7, 11) is 0. The molecule has 0 saturated carbocycles. The van der Waals surface area contributed by atoms with Crippen molar-refractivity contribution in [2.75, 3.05) is 0 Å². The minimum absolute atomic E-state index is 0.217. The van der Waals surface area contributed by atoms with Gasteiger partial charge >= 0.3 is 5.97 Å². The van der Waals surface area contributed by atoms with Gasteiger partial charge in [-0.15, -0.1) is 0 Å². The third kappa shape index (κ3) is 4.23.